The molecule has 0 saturated heterocycles. The van der Waals surface area contributed by atoms with Crippen molar-refractivity contribution in [1.29, 1.82) is 0 Å². The molecule has 0 N–H and O–H groups in total. The van der Waals surface area contributed by atoms with Crippen molar-refractivity contribution in [2.75, 3.05) is 4.90 Å². The third kappa shape index (κ3) is 5.22. The monoisotopic (exact) mass is 714 g/mol. The number of allylic oxidation sites excluding steroid dienone is 4. The van der Waals surface area contributed by atoms with Crippen LogP contribution in [0.4, 0.5) is 17.1 Å². The first-order valence-corrected chi connectivity index (χ1v) is 19.4. The fourth-order valence-electron chi connectivity index (χ4n) is 8.72. The van der Waals surface area contributed by atoms with Crippen LogP contribution in [0.5, 0.6) is 0 Å². The Labute approximate surface area is 322 Å². The van der Waals surface area contributed by atoms with Crippen LogP contribution in [-0.4, -0.2) is 4.57 Å². The van der Waals surface area contributed by atoms with Crippen molar-refractivity contribution >= 4 is 55.0 Å². The second-order valence-electron chi connectivity index (χ2n) is 14.7. The topological polar surface area (TPSA) is 8.17 Å². The molecule has 0 saturated carbocycles. The zero-order chi connectivity index (χ0) is 37.1. The second kappa shape index (κ2) is 13.1. The van der Waals surface area contributed by atoms with E-state index in [1.165, 1.54) is 70.4 Å². The van der Waals surface area contributed by atoms with E-state index in [9.17, 15) is 0 Å². The number of aryl methyl sites for hydroxylation is 2. The first kappa shape index (κ1) is 33.7. The highest BCUT2D eigenvalue weighted by atomic mass is 32.1. The fraction of sp³-hybridized carbons (Fsp3) is 0.0980. The minimum atomic E-state index is -0.0984. The van der Waals surface area contributed by atoms with Crippen LogP contribution >= 0.6 is 11.3 Å². The first-order chi connectivity index (χ1) is 26.3. The summed E-state index contributed by atoms with van der Waals surface area (Å²) in [6, 6.07) is 51.1. The Morgan fingerprint density at radius 2 is 1.33 bits per heavy atom. The largest absolute Gasteiger partial charge is 0.343 e. The maximum atomic E-state index is 4.26. The summed E-state index contributed by atoms with van der Waals surface area (Å²) in [6.07, 6.45) is 5.89. The van der Waals surface area contributed by atoms with Gasteiger partial charge in [0, 0.05) is 66.5 Å². The summed E-state index contributed by atoms with van der Waals surface area (Å²) >= 11 is 1.86. The summed E-state index contributed by atoms with van der Waals surface area (Å²) in [6.45, 7) is 15.3. The molecule has 1 aliphatic rings. The van der Waals surface area contributed by atoms with Crippen LogP contribution in [0.2, 0.25) is 0 Å². The lowest BCUT2D eigenvalue weighted by Gasteiger charge is -2.28. The molecule has 0 atom stereocenters. The van der Waals surface area contributed by atoms with Crippen molar-refractivity contribution in [2.45, 2.75) is 26.2 Å². The second-order valence-corrected chi connectivity index (χ2v) is 16.0. The summed E-state index contributed by atoms with van der Waals surface area (Å²) in [5.74, 6) is 0. The van der Waals surface area contributed by atoms with Crippen molar-refractivity contribution in [3.8, 4) is 33.4 Å². The minimum absolute atomic E-state index is 0.0984. The zero-order valence-electron chi connectivity index (χ0n) is 31.2. The van der Waals surface area contributed by atoms with Crippen LogP contribution in [0, 0.1) is 6.92 Å². The lowest BCUT2D eigenvalue weighted by molar-refractivity contribution is 0.660. The smallest absolute Gasteiger partial charge is 0.0568 e. The van der Waals surface area contributed by atoms with Gasteiger partial charge in [0.1, 0.15) is 0 Å². The maximum absolute atomic E-state index is 4.26. The van der Waals surface area contributed by atoms with E-state index < -0.39 is 0 Å². The molecule has 54 heavy (non-hydrogen) atoms. The average molecular weight is 715 g/mol. The van der Waals surface area contributed by atoms with Crippen LogP contribution in [0.1, 0.15) is 35.5 Å². The van der Waals surface area contributed by atoms with Gasteiger partial charge in [0.2, 0.25) is 0 Å². The van der Waals surface area contributed by atoms with E-state index in [0.717, 1.165) is 28.3 Å². The standard InChI is InChI=1S/C51H42N2S/c1-7-17-34(8-2)50-49(42-27-24-36(30-46(42)52(50)6)35-18-11-9-12-19-35)48-33(3)54-47-29-26-38(31-43(47)48)53(37-20-13-10-14-21-37)39-25-28-41-40-22-15-16-23-44(40)51(4,5)45(41)32-39/h7-32H,1-2H2,3-6H3/b34-17+. The molecule has 0 amide bonds. The van der Waals surface area contributed by atoms with Crippen molar-refractivity contribution in [3.05, 3.63) is 193 Å². The minimum Gasteiger partial charge on any atom is -0.343 e. The molecule has 1 aliphatic carbocycles. The van der Waals surface area contributed by atoms with Gasteiger partial charge >= 0.3 is 0 Å². The van der Waals surface area contributed by atoms with Crippen molar-refractivity contribution in [3.63, 3.8) is 0 Å². The lowest BCUT2D eigenvalue weighted by atomic mass is 9.82. The Kier molecular flexibility index (Phi) is 8.14. The molecule has 0 spiro atoms. The summed E-state index contributed by atoms with van der Waals surface area (Å²) in [5, 5.41) is 2.46. The van der Waals surface area contributed by atoms with Gasteiger partial charge in [-0.3, -0.25) is 0 Å². The summed E-state index contributed by atoms with van der Waals surface area (Å²) < 4.78 is 3.60. The Morgan fingerprint density at radius 1 is 0.648 bits per heavy atom. The van der Waals surface area contributed by atoms with E-state index in [4.69, 9.17) is 0 Å². The third-order valence-electron chi connectivity index (χ3n) is 11.3. The Bertz CT molecular complexity index is 2790. The van der Waals surface area contributed by atoms with Crippen LogP contribution in [-0.2, 0) is 12.5 Å². The quantitative estimate of drug-likeness (QED) is 0.142. The summed E-state index contributed by atoms with van der Waals surface area (Å²) in [5.41, 5.74) is 17.0. The van der Waals surface area contributed by atoms with Crippen molar-refractivity contribution in [1.82, 2.24) is 4.57 Å². The number of thiophene rings is 1. The summed E-state index contributed by atoms with van der Waals surface area (Å²) in [4.78, 5) is 3.70. The van der Waals surface area contributed by atoms with E-state index in [1.54, 1.807) is 0 Å². The number of nitrogens with zero attached hydrogens (tertiary/aromatic N) is 2. The van der Waals surface area contributed by atoms with Crippen molar-refractivity contribution < 1.29 is 0 Å². The van der Waals surface area contributed by atoms with Crippen LogP contribution in [0.15, 0.2) is 171 Å². The van der Waals surface area contributed by atoms with Gasteiger partial charge in [0.15, 0.2) is 0 Å². The molecule has 0 bridgehead atoms. The van der Waals surface area contributed by atoms with Gasteiger partial charge in [-0.05, 0) is 94.4 Å². The first-order valence-electron chi connectivity index (χ1n) is 18.6. The highest BCUT2D eigenvalue weighted by Gasteiger charge is 2.36. The number of aromatic nitrogens is 1. The molecule has 3 heteroatoms. The molecule has 0 unspecified atom stereocenters. The molecule has 0 aliphatic heterocycles. The highest BCUT2D eigenvalue weighted by molar-refractivity contribution is 7.19. The van der Waals surface area contributed by atoms with Gasteiger partial charge in [-0.25, -0.2) is 0 Å². The summed E-state index contributed by atoms with van der Waals surface area (Å²) in [7, 11) is 2.18. The zero-order valence-corrected chi connectivity index (χ0v) is 32.0. The molecule has 6 aromatic carbocycles. The highest BCUT2D eigenvalue weighted by Crippen LogP contribution is 2.52. The van der Waals surface area contributed by atoms with E-state index in [1.807, 2.05) is 23.5 Å². The van der Waals surface area contributed by atoms with E-state index in [-0.39, 0.29) is 5.41 Å². The number of hydrogen-bond acceptors (Lipinski definition) is 2. The number of hydrogen-bond donors (Lipinski definition) is 0. The van der Waals surface area contributed by atoms with Crippen LogP contribution < -0.4 is 4.90 Å². The molecule has 0 radical (unpaired) electrons. The van der Waals surface area contributed by atoms with E-state index >= 15 is 0 Å². The van der Waals surface area contributed by atoms with Gasteiger partial charge in [0.05, 0.1) is 5.69 Å². The Balaban J connectivity index is 1.27. The average Bonchev–Trinajstić information content (AvgIpc) is 3.76. The van der Waals surface area contributed by atoms with Crippen LogP contribution in [0.25, 0.3) is 59.9 Å². The van der Waals surface area contributed by atoms with E-state index in [2.05, 4.69) is 196 Å². The van der Waals surface area contributed by atoms with Crippen LogP contribution in [0.3, 0.4) is 0 Å². The van der Waals surface area contributed by atoms with Gasteiger partial charge in [-0.1, -0.05) is 136 Å². The Hall–Kier alpha value is -6.16. The van der Waals surface area contributed by atoms with Gasteiger partial charge in [-0.2, -0.15) is 0 Å². The van der Waals surface area contributed by atoms with Gasteiger partial charge in [-0.15, -0.1) is 11.3 Å². The van der Waals surface area contributed by atoms with Crippen molar-refractivity contribution in [2.24, 2.45) is 7.05 Å². The molecule has 8 aromatic rings. The molecule has 2 aromatic heterocycles. The molecule has 262 valence electrons. The van der Waals surface area contributed by atoms with Gasteiger partial charge < -0.3 is 9.47 Å². The predicted molar refractivity (Wildman–Crippen MR) is 235 cm³/mol. The Morgan fingerprint density at radius 3 is 2.09 bits per heavy atom. The molecule has 2 nitrogen and oxygen atoms in total. The van der Waals surface area contributed by atoms with Gasteiger partial charge in [0.25, 0.3) is 0 Å². The predicted octanol–water partition coefficient (Wildman–Crippen LogP) is 14.6. The number of para-hydroxylation sites is 1. The number of anilines is 3. The molecule has 2 heterocycles. The molecule has 9 rings (SSSR count). The maximum Gasteiger partial charge on any atom is 0.0568 e. The lowest BCUT2D eigenvalue weighted by Crippen LogP contribution is -2.16. The normalized spacial score (nSPS) is 13.2. The molecule has 0 fully saturated rings. The molecular weight excluding hydrogens is 673 g/mol. The third-order valence-corrected chi connectivity index (χ3v) is 12.4. The fourth-order valence-corrected chi connectivity index (χ4v) is 9.77. The van der Waals surface area contributed by atoms with E-state index in [0.29, 0.717) is 0 Å². The SMILES string of the molecule is C=C/C=C(\C=C)c1c(-c2c(C)sc3ccc(N(c4ccccc4)c4ccc5c(c4)C(C)(C)c4ccccc4-5)cc23)c2ccc(-c3ccccc3)cc2n1C. The number of fused-ring (bicyclic) bond motifs is 5. The molecular formula is C51H42N2S. The number of benzene rings is 6. The number of rotatable bonds is 8.